The van der Waals surface area contributed by atoms with Gasteiger partial charge >= 0.3 is 0 Å². The van der Waals surface area contributed by atoms with Crippen LogP contribution in [0.4, 0.5) is 5.69 Å². The number of carbonyl (C=O) groups excluding carboxylic acids is 1. The third kappa shape index (κ3) is 3.86. The van der Waals surface area contributed by atoms with E-state index in [-0.39, 0.29) is 10.6 Å². The van der Waals surface area contributed by atoms with Gasteiger partial charge in [-0.05, 0) is 26.0 Å². The van der Waals surface area contributed by atoms with Crippen molar-refractivity contribution >= 4 is 21.4 Å². The molecule has 0 aliphatic heterocycles. The minimum atomic E-state index is -3.78. The standard InChI is InChI=1S/C13H20N2O4S/c1-4-15(3)13(16)9-20(17,18)12-8-10(19-5-2)6-7-11(12)14/h6-8H,4-5,9,14H2,1-3H3. The number of nitrogen functional groups attached to an aromatic ring is 1. The SMILES string of the molecule is CCOc1ccc(N)c(S(=O)(=O)CC(=O)N(C)CC)c1. The molecule has 0 radical (unpaired) electrons. The van der Waals surface area contributed by atoms with Crippen LogP contribution in [-0.4, -0.2) is 45.2 Å². The van der Waals surface area contributed by atoms with Crippen LogP contribution in [0.3, 0.4) is 0 Å². The van der Waals surface area contributed by atoms with Crippen LogP contribution in [-0.2, 0) is 14.6 Å². The number of rotatable bonds is 6. The van der Waals surface area contributed by atoms with E-state index in [0.29, 0.717) is 18.9 Å². The molecule has 0 aromatic heterocycles. The van der Waals surface area contributed by atoms with Gasteiger partial charge in [0.05, 0.1) is 17.2 Å². The lowest BCUT2D eigenvalue weighted by atomic mass is 10.3. The van der Waals surface area contributed by atoms with Crippen molar-refractivity contribution in [1.82, 2.24) is 4.90 Å². The summed E-state index contributed by atoms with van der Waals surface area (Å²) in [6.45, 7) is 4.43. The number of hydrogen-bond acceptors (Lipinski definition) is 5. The number of carbonyl (C=O) groups is 1. The molecule has 7 heteroatoms. The maximum absolute atomic E-state index is 12.3. The highest BCUT2D eigenvalue weighted by molar-refractivity contribution is 7.92. The van der Waals surface area contributed by atoms with Gasteiger partial charge in [-0.3, -0.25) is 4.79 Å². The Labute approximate surface area is 119 Å². The fraction of sp³-hybridized carbons (Fsp3) is 0.462. The highest BCUT2D eigenvalue weighted by Gasteiger charge is 2.24. The Bertz CT molecular complexity index is 584. The maximum Gasteiger partial charge on any atom is 0.237 e. The third-order valence-electron chi connectivity index (χ3n) is 2.84. The lowest BCUT2D eigenvalue weighted by Crippen LogP contribution is -2.32. The number of nitrogens with zero attached hydrogens (tertiary/aromatic N) is 1. The zero-order valence-corrected chi connectivity index (χ0v) is 12.7. The van der Waals surface area contributed by atoms with Crippen molar-refractivity contribution in [3.63, 3.8) is 0 Å². The summed E-state index contributed by atoms with van der Waals surface area (Å²) in [6.07, 6.45) is 0. The number of anilines is 1. The third-order valence-corrected chi connectivity index (χ3v) is 4.50. The van der Waals surface area contributed by atoms with E-state index in [2.05, 4.69) is 0 Å². The second-order valence-electron chi connectivity index (χ2n) is 4.30. The van der Waals surface area contributed by atoms with Crippen molar-refractivity contribution in [2.45, 2.75) is 18.7 Å². The van der Waals surface area contributed by atoms with Gasteiger partial charge in [-0.1, -0.05) is 0 Å². The Morgan fingerprint density at radius 3 is 2.55 bits per heavy atom. The average molecular weight is 300 g/mol. The van der Waals surface area contributed by atoms with E-state index in [1.165, 1.54) is 17.0 Å². The van der Waals surface area contributed by atoms with Crippen LogP contribution in [0, 0.1) is 0 Å². The number of amides is 1. The van der Waals surface area contributed by atoms with Gasteiger partial charge in [0, 0.05) is 19.7 Å². The zero-order chi connectivity index (χ0) is 15.3. The van der Waals surface area contributed by atoms with Gasteiger partial charge in [-0.2, -0.15) is 0 Å². The average Bonchev–Trinajstić information content (AvgIpc) is 2.39. The first-order valence-corrected chi connectivity index (χ1v) is 7.96. The van der Waals surface area contributed by atoms with Crippen LogP contribution >= 0.6 is 0 Å². The molecule has 1 aromatic rings. The molecule has 0 heterocycles. The van der Waals surface area contributed by atoms with Gasteiger partial charge < -0.3 is 15.4 Å². The van der Waals surface area contributed by atoms with Crippen LogP contribution in [0.1, 0.15) is 13.8 Å². The van der Waals surface area contributed by atoms with Gasteiger partial charge in [0.2, 0.25) is 5.91 Å². The molecule has 0 bridgehead atoms. The van der Waals surface area contributed by atoms with Crippen molar-refractivity contribution < 1.29 is 17.9 Å². The molecule has 112 valence electrons. The summed E-state index contributed by atoms with van der Waals surface area (Å²) in [4.78, 5) is 13.0. The lowest BCUT2D eigenvalue weighted by molar-refractivity contribution is -0.126. The summed E-state index contributed by atoms with van der Waals surface area (Å²) < 4.78 is 29.8. The quantitative estimate of drug-likeness (QED) is 0.789. The minimum Gasteiger partial charge on any atom is -0.494 e. The first-order chi connectivity index (χ1) is 9.31. The molecule has 6 nitrogen and oxygen atoms in total. The predicted octanol–water partition coefficient (Wildman–Crippen LogP) is 0.919. The van der Waals surface area contributed by atoms with Gasteiger partial charge in [-0.25, -0.2) is 8.42 Å². The van der Waals surface area contributed by atoms with E-state index >= 15 is 0 Å². The molecular weight excluding hydrogens is 280 g/mol. The highest BCUT2D eigenvalue weighted by Crippen LogP contribution is 2.25. The smallest absolute Gasteiger partial charge is 0.237 e. The summed E-state index contributed by atoms with van der Waals surface area (Å²) in [7, 11) is -2.23. The van der Waals surface area contributed by atoms with Gasteiger partial charge in [-0.15, -0.1) is 0 Å². The largest absolute Gasteiger partial charge is 0.494 e. The van der Waals surface area contributed by atoms with Gasteiger partial charge in [0.1, 0.15) is 11.5 Å². The number of hydrogen-bond donors (Lipinski definition) is 1. The molecule has 0 aliphatic rings. The van der Waals surface area contributed by atoms with E-state index in [0.717, 1.165) is 0 Å². The van der Waals surface area contributed by atoms with Crippen LogP contribution in [0.15, 0.2) is 23.1 Å². The number of sulfone groups is 1. The highest BCUT2D eigenvalue weighted by atomic mass is 32.2. The molecule has 0 spiro atoms. The number of ether oxygens (including phenoxy) is 1. The summed E-state index contributed by atoms with van der Waals surface area (Å²) in [5.41, 5.74) is 5.81. The monoisotopic (exact) mass is 300 g/mol. The molecule has 20 heavy (non-hydrogen) atoms. The molecule has 0 saturated carbocycles. The Hall–Kier alpha value is -1.76. The maximum atomic E-state index is 12.3. The fourth-order valence-corrected chi connectivity index (χ4v) is 2.99. The van der Waals surface area contributed by atoms with Crippen LogP contribution < -0.4 is 10.5 Å². The second-order valence-corrected chi connectivity index (χ2v) is 6.26. The van der Waals surface area contributed by atoms with E-state index < -0.39 is 21.5 Å². The summed E-state index contributed by atoms with van der Waals surface area (Å²) in [6, 6.07) is 4.41. The molecule has 2 N–H and O–H groups in total. The van der Waals surface area contributed by atoms with Crippen LogP contribution in [0.2, 0.25) is 0 Å². The Balaban J connectivity index is 3.08. The molecule has 0 unspecified atom stereocenters. The normalized spacial score (nSPS) is 11.2. The Morgan fingerprint density at radius 1 is 1.35 bits per heavy atom. The van der Waals surface area contributed by atoms with Crippen molar-refractivity contribution in [1.29, 1.82) is 0 Å². The minimum absolute atomic E-state index is 0.0682. The Morgan fingerprint density at radius 2 is 2.00 bits per heavy atom. The van der Waals surface area contributed by atoms with Gasteiger partial charge in [0.25, 0.3) is 0 Å². The van der Waals surface area contributed by atoms with Crippen molar-refractivity contribution in [2.75, 3.05) is 31.7 Å². The molecule has 1 amide bonds. The van der Waals surface area contributed by atoms with Crippen molar-refractivity contribution in [3.8, 4) is 5.75 Å². The van der Waals surface area contributed by atoms with Crippen molar-refractivity contribution in [2.24, 2.45) is 0 Å². The second kappa shape index (κ2) is 6.60. The first-order valence-electron chi connectivity index (χ1n) is 6.30. The molecule has 0 atom stereocenters. The molecule has 0 fully saturated rings. The van der Waals surface area contributed by atoms with Crippen LogP contribution in [0.5, 0.6) is 5.75 Å². The summed E-state index contributed by atoms with van der Waals surface area (Å²) in [5.74, 6) is -0.651. The Kier molecular flexibility index (Phi) is 5.38. The predicted molar refractivity (Wildman–Crippen MR) is 77.4 cm³/mol. The molecule has 1 aromatic carbocycles. The van der Waals surface area contributed by atoms with E-state index in [1.54, 1.807) is 27.0 Å². The first kappa shape index (κ1) is 16.3. The zero-order valence-electron chi connectivity index (χ0n) is 11.9. The molecular formula is C13H20N2O4S. The van der Waals surface area contributed by atoms with Crippen molar-refractivity contribution in [3.05, 3.63) is 18.2 Å². The fourth-order valence-electron chi connectivity index (χ4n) is 1.57. The molecule has 0 saturated heterocycles. The van der Waals surface area contributed by atoms with Gasteiger partial charge in [0.15, 0.2) is 9.84 Å². The summed E-state index contributed by atoms with van der Waals surface area (Å²) >= 11 is 0. The number of benzene rings is 1. The van der Waals surface area contributed by atoms with E-state index in [1.807, 2.05) is 0 Å². The lowest BCUT2D eigenvalue weighted by Gasteiger charge is -2.15. The molecule has 1 rings (SSSR count). The summed E-state index contributed by atoms with van der Waals surface area (Å²) in [5, 5.41) is 0. The van der Waals surface area contributed by atoms with E-state index in [4.69, 9.17) is 10.5 Å². The topological polar surface area (TPSA) is 89.7 Å². The molecule has 0 aliphatic carbocycles. The number of nitrogens with two attached hydrogens (primary N) is 1. The van der Waals surface area contributed by atoms with E-state index in [9.17, 15) is 13.2 Å². The van der Waals surface area contributed by atoms with Crippen LogP contribution in [0.25, 0.3) is 0 Å².